The molecule has 29 heavy (non-hydrogen) atoms. The Hall–Kier alpha value is -3.64. The van der Waals surface area contributed by atoms with E-state index in [4.69, 9.17) is 11.6 Å². The average Bonchev–Trinajstić information content (AvgIpc) is 2.99. The zero-order chi connectivity index (χ0) is 20.7. The Morgan fingerprint density at radius 3 is 2.41 bits per heavy atom. The molecule has 7 heteroatoms. The highest BCUT2D eigenvalue weighted by Gasteiger charge is 2.23. The number of H-pyrrole nitrogens is 1. The zero-order valence-electron chi connectivity index (χ0n) is 15.3. The summed E-state index contributed by atoms with van der Waals surface area (Å²) < 4.78 is 0.908. The van der Waals surface area contributed by atoms with Crippen molar-refractivity contribution in [2.24, 2.45) is 0 Å². The van der Waals surface area contributed by atoms with Gasteiger partial charge in [0.1, 0.15) is 5.76 Å². The molecule has 2 N–H and O–H groups in total. The number of fused-ring (bicyclic) bond motifs is 1. The standard InChI is InChI=1S/C22H15ClN2O4/c1-12-17(10-18-15-4-2-3-5-16(15)19(26)11-20(18)27)22(29)25(24-12)21(28)13-6-8-14(23)9-7-13/h2-11,24,27H,1H3. The molecule has 2 aromatic carbocycles. The number of benzene rings is 2. The molecule has 4 rings (SSSR count). The summed E-state index contributed by atoms with van der Waals surface area (Å²) in [5, 5.41) is 13.6. The maximum Gasteiger partial charge on any atom is 0.281 e. The SMILES string of the molecule is Cc1[nH]n(C(=O)c2ccc(Cl)cc2)c(=O)c1C=C1C(O)=CC(=O)c2ccccc21. The van der Waals surface area contributed by atoms with Crippen LogP contribution in [0.2, 0.25) is 5.02 Å². The fourth-order valence-corrected chi connectivity index (χ4v) is 3.37. The number of hydrogen-bond donors (Lipinski definition) is 2. The van der Waals surface area contributed by atoms with Crippen LogP contribution in [-0.2, 0) is 0 Å². The number of aliphatic hydroxyl groups is 1. The minimum absolute atomic E-state index is 0.214. The van der Waals surface area contributed by atoms with Crippen molar-refractivity contribution in [3.05, 3.63) is 104 Å². The summed E-state index contributed by atoms with van der Waals surface area (Å²) in [5.74, 6) is -1.07. The van der Waals surface area contributed by atoms with Crippen molar-refractivity contribution in [3.8, 4) is 0 Å². The van der Waals surface area contributed by atoms with Gasteiger partial charge >= 0.3 is 0 Å². The lowest BCUT2D eigenvalue weighted by atomic mass is 9.89. The predicted molar refractivity (Wildman–Crippen MR) is 110 cm³/mol. The molecule has 0 fully saturated rings. The van der Waals surface area contributed by atoms with E-state index in [0.29, 0.717) is 33.0 Å². The number of aliphatic hydroxyl groups excluding tert-OH is 1. The van der Waals surface area contributed by atoms with E-state index < -0.39 is 11.5 Å². The number of halogens is 1. The van der Waals surface area contributed by atoms with Crippen LogP contribution in [-0.4, -0.2) is 26.6 Å². The van der Waals surface area contributed by atoms with Crippen molar-refractivity contribution in [1.82, 2.24) is 9.78 Å². The maximum atomic E-state index is 12.9. The first kappa shape index (κ1) is 18.7. The van der Waals surface area contributed by atoms with Crippen LogP contribution in [0.15, 0.2) is 65.2 Å². The molecule has 1 aliphatic carbocycles. The molecular weight excluding hydrogens is 392 g/mol. The van der Waals surface area contributed by atoms with Crippen molar-refractivity contribution in [3.63, 3.8) is 0 Å². The highest BCUT2D eigenvalue weighted by molar-refractivity contribution is 6.30. The lowest BCUT2D eigenvalue weighted by Gasteiger charge is -2.15. The number of allylic oxidation sites excluding steroid dienone is 2. The van der Waals surface area contributed by atoms with Crippen molar-refractivity contribution in [2.45, 2.75) is 6.92 Å². The van der Waals surface area contributed by atoms with Gasteiger partial charge in [0, 0.05) is 33.5 Å². The zero-order valence-corrected chi connectivity index (χ0v) is 16.0. The molecule has 144 valence electrons. The Labute approximate surface area is 170 Å². The third kappa shape index (κ3) is 3.23. The summed E-state index contributed by atoms with van der Waals surface area (Å²) in [6.45, 7) is 1.65. The number of rotatable bonds is 2. The monoisotopic (exact) mass is 406 g/mol. The summed E-state index contributed by atoms with van der Waals surface area (Å²) >= 11 is 5.85. The molecule has 0 amide bonds. The fourth-order valence-electron chi connectivity index (χ4n) is 3.24. The van der Waals surface area contributed by atoms with Gasteiger partial charge < -0.3 is 5.11 Å². The van der Waals surface area contributed by atoms with Crippen molar-refractivity contribution >= 4 is 34.9 Å². The molecule has 6 nitrogen and oxygen atoms in total. The van der Waals surface area contributed by atoms with Crippen LogP contribution >= 0.6 is 11.6 Å². The predicted octanol–water partition coefficient (Wildman–Crippen LogP) is 4.01. The molecule has 0 saturated heterocycles. The van der Waals surface area contributed by atoms with Crippen molar-refractivity contribution in [1.29, 1.82) is 0 Å². The van der Waals surface area contributed by atoms with Crippen molar-refractivity contribution < 1.29 is 14.7 Å². The second kappa shape index (κ2) is 7.07. The first-order valence-electron chi connectivity index (χ1n) is 8.75. The second-order valence-electron chi connectivity index (χ2n) is 6.60. The van der Waals surface area contributed by atoms with E-state index in [0.717, 1.165) is 10.8 Å². The van der Waals surface area contributed by atoms with Crippen LogP contribution < -0.4 is 5.56 Å². The number of nitrogens with zero attached hydrogens (tertiary/aromatic N) is 1. The van der Waals surface area contributed by atoms with Crippen LogP contribution in [0, 0.1) is 6.92 Å². The van der Waals surface area contributed by atoms with Gasteiger partial charge in [-0.25, -0.2) is 0 Å². The summed E-state index contributed by atoms with van der Waals surface area (Å²) in [4.78, 5) is 37.7. The van der Waals surface area contributed by atoms with Crippen LogP contribution in [0.25, 0.3) is 11.6 Å². The fraction of sp³-hybridized carbons (Fsp3) is 0.0455. The number of aromatic nitrogens is 2. The van der Waals surface area contributed by atoms with E-state index >= 15 is 0 Å². The van der Waals surface area contributed by atoms with Gasteiger partial charge in [-0.1, -0.05) is 35.9 Å². The summed E-state index contributed by atoms with van der Waals surface area (Å²) in [6.07, 6.45) is 2.60. The molecule has 0 radical (unpaired) electrons. The number of hydrogen-bond acceptors (Lipinski definition) is 4. The van der Waals surface area contributed by atoms with Gasteiger partial charge in [0.15, 0.2) is 5.78 Å². The minimum atomic E-state index is -0.558. The van der Waals surface area contributed by atoms with Gasteiger partial charge in [-0.2, -0.15) is 4.68 Å². The van der Waals surface area contributed by atoms with E-state index in [2.05, 4.69) is 5.10 Å². The maximum absolute atomic E-state index is 12.9. The number of carbonyl (C=O) groups is 2. The van der Waals surface area contributed by atoms with Crippen molar-refractivity contribution in [2.75, 3.05) is 0 Å². The molecule has 1 aromatic heterocycles. The third-order valence-corrected chi connectivity index (χ3v) is 4.98. The van der Waals surface area contributed by atoms with Gasteiger partial charge in [0.05, 0.1) is 5.56 Å². The molecule has 0 spiro atoms. The van der Waals surface area contributed by atoms with Gasteiger partial charge in [0.25, 0.3) is 11.5 Å². The quantitative estimate of drug-likeness (QED) is 0.672. The minimum Gasteiger partial charge on any atom is -0.507 e. The second-order valence-corrected chi connectivity index (χ2v) is 7.04. The molecule has 0 aliphatic heterocycles. The first-order chi connectivity index (χ1) is 13.9. The topological polar surface area (TPSA) is 92.2 Å². The lowest BCUT2D eigenvalue weighted by Crippen LogP contribution is -2.26. The number of aryl methyl sites for hydroxylation is 1. The normalized spacial score (nSPS) is 14.6. The Morgan fingerprint density at radius 2 is 1.72 bits per heavy atom. The Balaban J connectivity index is 1.82. The average molecular weight is 407 g/mol. The molecule has 0 saturated carbocycles. The molecule has 1 aliphatic rings. The Kier molecular flexibility index (Phi) is 4.56. The molecule has 1 heterocycles. The molecule has 0 bridgehead atoms. The van der Waals surface area contributed by atoms with Gasteiger partial charge in [-0.3, -0.25) is 19.5 Å². The third-order valence-electron chi connectivity index (χ3n) is 4.73. The molecule has 0 unspecified atom stereocenters. The number of carbonyl (C=O) groups excluding carboxylic acids is 2. The van der Waals surface area contributed by atoms with Crippen LogP contribution in [0.5, 0.6) is 0 Å². The molecular formula is C22H15ClN2O4. The van der Waals surface area contributed by atoms with E-state index in [9.17, 15) is 19.5 Å². The Morgan fingerprint density at radius 1 is 1.07 bits per heavy atom. The van der Waals surface area contributed by atoms with E-state index in [1.54, 1.807) is 43.3 Å². The van der Waals surface area contributed by atoms with Crippen LogP contribution in [0.4, 0.5) is 0 Å². The summed E-state index contributed by atoms with van der Waals surface area (Å²) in [7, 11) is 0. The lowest BCUT2D eigenvalue weighted by molar-refractivity contribution is 0.0940. The van der Waals surface area contributed by atoms with E-state index in [1.165, 1.54) is 18.2 Å². The number of aromatic amines is 1. The molecule has 0 atom stereocenters. The first-order valence-corrected chi connectivity index (χ1v) is 9.13. The van der Waals surface area contributed by atoms with Crippen LogP contribution in [0.1, 0.15) is 37.5 Å². The smallest absolute Gasteiger partial charge is 0.281 e. The summed E-state index contributed by atoms with van der Waals surface area (Å²) in [5.41, 5.74) is 1.70. The Bertz CT molecular complexity index is 1280. The highest BCUT2D eigenvalue weighted by Crippen LogP contribution is 2.31. The van der Waals surface area contributed by atoms with Gasteiger partial charge in [0.2, 0.25) is 0 Å². The number of ketones is 1. The number of nitrogens with one attached hydrogen (secondary N) is 1. The largest absolute Gasteiger partial charge is 0.507 e. The van der Waals surface area contributed by atoms with E-state index in [1.807, 2.05) is 0 Å². The van der Waals surface area contributed by atoms with Gasteiger partial charge in [-0.05, 0) is 42.8 Å². The van der Waals surface area contributed by atoms with E-state index in [-0.39, 0.29) is 17.1 Å². The highest BCUT2D eigenvalue weighted by atomic mass is 35.5. The van der Waals surface area contributed by atoms with Crippen LogP contribution in [0.3, 0.4) is 0 Å². The van der Waals surface area contributed by atoms with Gasteiger partial charge in [-0.15, -0.1) is 0 Å². The summed E-state index contributed by atoms with van der Waals surface area (Å²) in [6, 6.07) is 13.0. The molecule has 3 aromatic rings.